The highest BCUT2D eigenvalue weighted by Crippen LogP contribution is 2.17. The van der Waals surface area contributed by atoms with Gasteiger partial charge in [-0.1, -0.05) is 0 Å². The Hall–Kier alpha value is -2.74. The van der Waals surface area contributed by atoms with Gasteiger partial charge in [0.2, 0.25) is 5.91 Å². The zero-order valence-electron chi connectivity index (χ0n) is 17.2. The lowest BCUT2D eigenvalue weighted by Gasteiger charge is -2.31. The van der Waals surface area contributed by atoms with Crippen molar-refractivity contribution in [1.82, 2.24) is 25.0 Å². The Morgan fingerprint density at radius 1 is 1.24 bits per heavy atom. The fourth-order valence-corrected chi connectivity index (χ4v) is 3.65. The number of aryl methyl sites for hydroxylation is 1. The average molecular weight is 399 g/mol. The second kappa shape index (κ2) is 10.2. The highest BCUT2D eigenvalue weighted by molar-refractivity contribution is 5.95. The smallest absolute Gasteiger partial charge is 0.254 e. The molecule has 0 atom stereocenters. The van der Waals surface area contributed by atoms with Crippen LogP contribution in [-0.2, 0) is 11.3 Å². The fraction of sp³-hybridized carbons (Fsp3) is 0.524. The van der Waals surface area contributed by atoms with Gasteiger partial charge in [0.1, 0.15) is 0 Å². The first kappa shape index (κ1) is 21.0. The quantitative estimate of drug-likeness (QED) is 0.710. The van der Waals surface area contributed by atoms with E-state index in [0.29, 0.717) is 24.4 Å². The van der Waals surface area contributed by atoms with E-state index in [1.165, 1.54) is 0 Å². The minimum atomic E-state index is -0.0447. The number of piperidine rings is 1. The molecule has 0 unspecified atom stereocenters. The molecule has 3 heterocycles. The number of rotatable bonds is 8. The summed E-state index contributed by atoms with van der Waals surface area (Å²) in [6, 6.07) is 3.63. The van der Waals surface area contributed by atoms with Gasteiger partial charge in [-0.05, 0) is 57.8 Å². The highest BCUT2D eigenvalue weighted by Gasteiger charge is 2.21. The number of likely N-dealkylation sites (tertiary alicyclic amines) is 1. The molecule has 0 bridgehead atoms. The number of nitrogens with one attached hydrogen (secondary N) is 2. The summed E-state index contributed by atoms with van der Waals surface area (Å²) in [5.74, 6) is 0.438. The molecular weight excluding hydrogens is 368 g/mol. The van der Waals surface area contributed by atoms with Crippen molar-refractivity contribution in [1.29, 1.82) is 0 Å². The molecule has 0 aromatic carbocycles. The van der Waals surface area contributed by atoms with Gasteiger partial charge in [-0.2, -0.15) is 5.10 Å². The third-order valence-corrected chi connectivity index (χ3v) is 5.51. The van der Waals surface area contributed by atoms with Gasteiger partial charge in [-0.15, -0.1) is 0 Å². The Labute approximate surface area is 171 Å². The van der Waals surface area contributed by atoms with Gasteiger partial charge >= 0.3 is 0 Å². The molecule has 0 aliphatic carbocycles. The van der Waals surface area contributed by atoms with Crippen molar-refractivity contribution in [3.8, 4) is 0 Å². The monoisotopic (exact) mass is 398 g/mol. The van der Waals surface area contributed by atoms with E-state index in [1.54, 1.807) is 24.7 Å². The number of hydrogen-bond donors (Lipinski definition) is 2. The van der Waals surface area contributed by atoms with Gasteiger partial charge < -0.3 is 15.5 Å². The lowest BCUT2D eigenvalue weighted by molar-refractivity contribution is -0.116. The second-order valence-electron chi connectivity index (χ2n) is 7.49. The van der Waals surface area contributed by atoms with Gasteiger partial charge in [0.25, 0.3) is 5.91 Å². The first-order chi connectivity index (χ1) is 14.1. The number of hydrogen-bond acceptors (Lipinski definition) is 5. The van der Waals surface area contributed by atoms with E-state index < -0.39 is 0 Å². The number of amides is 2. The van der Waals surface area contributed by atoms with E-state index in [2.05, 4.69) is 25.6 Å². The molecule has 1 aliphatic rings. The largest absolute Gasteiger partial charge is 0.352 e. The summed E-state index contributed by atoms with van der Waals surface area (Å²) in [6.45, 7) is 8.04. The second-order valence-corrected chi connectivity index (χ2v) is 7.49. The van der Waals surface area contributed by atoms with E-state index in [1.807, 2.05) is 24.6 Å². The van der Waals surface area contributed by atoms with Gasteiger partial charge in [0.15, 0.2) is 0 Å². The SMILES string of the molecule is CCn1ncc(C(=O)NCC2CCN(CCC(=O)Nc3cccnc3)CC2)c1C. The molecule has 2 aromatic heterocycles. The minimum Gasteiger partial charge on any atom is -0.352 e. The van der Waals surface area contributed by atoms with Crippen molar-refractivity contribution < 1.29 is 9.59 Å². The molecule has 156 valence electrons. The van der Waals surface area contributed by atoms with E-state index in [-0.39, 0.29) is 11.8 Å². The number of carbonyl (C=O) groups is 2. The van der Waals surface area contributed by atoms with Gasteiger partial charge in [0, 0.05) is 37.9 Å². The van der Waals surface area contributed by atoms with Crippen LogP contribution in [0.25, 0.3) is 0 Å². The first-order valence-corrected chi connectivity index (χ1v) is 10.3. The lowest BCUT2D eigenvalue weighted by Crippen LogP contribution is -2.39. The zero-order chi connectivity index (χ0) is 20.6. The summed E-state index contributed by atoms with van der Waals surface area (Å²) >= 11 is 0. The number of anilines is 1. The van der Waals surface area contributed by atoms with Crippen LogP contribution in [0.15, 0.2) is 30.7 Å². The van der Waals surface area contributed by atoms with Gasteiger partial charge in [0.05, 0.1) is 23.6 Å². The molecule has 2 N–H and O–H groups in total. The van der Waals surface area contributed by atoms with Gasteiger partial charge in [-0.25, -0.2) is 0 Å². The molecule has 1 aliphatic heterocycles. The maximum atomic E-state index is 12.4. The maximum Gasteiger partial charge on any atom is 0.254 e. The first-order valence-electron chi connectivity index (χ1n) is 10.3. The van der Waals surface area contributed by atoms with Crippen LogP contribution in [0.2, 0.25) is 0 Å². The van der Waals surface area contributed by atoms with E-state index >= 15 is 0 Å². The normalized spacial score (nSPS) is 15.2. The molecule has 0 saturated carbocycles. The summed E-state index contributed by atoms with van der Waals surface area (Å²) in [7, 11) is 0. The molecule has 2 aromatic rings. The van der Waals surface area contributed by atoms with Gasteiger partial charge in [-0.3, -0.25) is 19.3 Å². The van der Waals surface area contributed by atoms with Crippen LogP contribution in [0.5, 0.6) is 0 Å². The predicted molar refractivity (Wildman–Crippen MR) is 112 cm³/mol. The van der Waals surface area contributed by atoms with E-state index in [4.69, 9.17) is 0 Å². The zero-order valence-corrected chi connectivity index (χ0v) is 17.2. The van der Waals surface area contributed by atoms with Crippen LogP contribution in [0.4, 0.5) is 5.69 Å². The Morgan fingerprint density at radius 3 is 2.69 bits per heavy atom. The topological polar surface area (TPSA) is 92.2 Å². The Bertz CT molecular complexity index is 812. The molecule has 1 saturated heterocycles. The van der Waals surface area contributed by atoms with Crippen molar-refractivity contribution in [2.24, 2.45) is 5.92 Å². The van der Waals surface area contributed by atoms with Crippen molar-refractivity contribution in [2.45, 2.75) is 39.7 Å². The maximum absolute atomic E-state index is 12.4. The molecule has 0 spiro atoms. The standard InChI is InChI=1S/C21H30N6O2/c1-3-27-16(2)19(15-24-27)21(29)23-13-17-6-10-26(11-7-17)12-8-20(28)25-18-5-4-9-22-14-18/h4-5,9,14-15,17H,3,6-8,10-13H2,1-2H3,(H,23,29)(H,25,28). The Balaban J connectivity index is 1.34. The highest BCUT2D eigenvalue weighted by atomic mass is 16.2. The van der Waals surface area contributed by atoms with Crippen LogP contribution in [0.3, 0.4) is 0 Å². The van der Waals surface area contributed by atoms with Crippen LogP contribution < -0.4 is 10.6 Å². The van der Waals surface area contributed by atoms with Crippen molar-refractivity contribution >= 4 is 17.5 Å². The third-order valence-electron chi connectivity index (χ3n) is 5.51. The molecular formula is C21H30N6O2. The molecule has 8 heteroatoms. The molecule has 0 radical (unpaired) electrons. The molecule has 2 amide bonds. The van der Waals surface area contributed by atoms with Crippen LogP contribution >= 0.6 is 0 Å². The van der Waals surface area contributed by atoms with Crippen LogP contribution in [0.1, 0.15) is 42.2 Å². The summed E-state index contributed by atoms with van der Waals surface area (Å²) in [4.78, 5) is 30.8. The third kappa shape index (κ3) is 5.87. The summed E-state index contributed by atoms with van der Waals surface area (Å²) < 4.78 is 1.83. The van der Waals surface area contributed by atoms with Crippen LogP contribution in [0, 0.1) is 12.8 Å². The summed E-state index contributed by atoms with van der Waals surface area (Å²) in [6.07, 6.45) is 7.49. The summed E-state index contributed by atoms with van der Waals surface area (Å²) in [5.41, 5.74) is 2.29. The summed E-state index contributed by atoms with van der Waals surface area (Å²) in [5, 5.41) is 10.2. The number of pyridine rings is 1. The Kier molecular flexibility index (Phi) is 7.35. The predicted octanol–water partition coefficient (Wildman–Crippen LogP) is 2.08. The molecule has 3 rings (SSSR count). The lowest BCUT2D eigenvalue weighted by atomic mass is 9.96. The van der Waals surface area contributed by atoms with Crippen molar-refractivity contribution in [3.63, 3.8) is 0 Å². The Morgan fingerprint density at radius 2 is 2.03 bits per heavy atom. The van der Waals surface area contributed by atoms with E-state index in [9.17, 15) is 9.59 Å². The number of carbonyl (C=O) groups excluding carboxylic acids is 2. The molecule has 8 nitrogen and oxygen atoms in total. The van der Waals surface area contributed by atoms with Crippen LogP contribution in [-0.4, -0.2) is 57.7 Å². The minimum absolute atomic E-state index is 0.00961. The average Bonchev–Trinajstić information content (AvgIpc) is 3.12. The van der Waals surface area contributed by atoms with Crippen molar-refractivity contribution in [2.75, 3.05) is 31.5 Å². The van der Waals surface area contributed by atoms with Crippen molar-refractivity contribution in [3.05, 3.63) is 42.0 Å². The number of nitrogens with zero attached hydrogens (tertiary/aromatic N) is 4. The number of aromatic nitrogens is 3. The molecule has 29 heavy (non-hydrogen) atoms. The van der Waals surface area contributed by atoms with E-state index in [0.717, 1.165) is 50.4 Å². The fourth-order valence-electron chi connectivity index (χ4n) is 3.65. The molecule has 1 fully saturated rings.